The van der Waals surface area contributed by atoms with Crippen LogP contribution in [0.15, 0.2) is 35.3 Å². The number of halogens is 8. The van der Waals surface area contributed by atoms with Crippen molar-refractivity contribution >= 4 is 52.0 Å². The molecule has 3 rings (SSSR count). The van der Waals surface area contributed by atoms with Crippen LogP contribution in [0.5, 0.6) is 0 Å². The van der Waals surface area contributed by atoms with Crippen molar-refractivity contribution in [1.29, 1.82) is 0 Å². The largest absolute Gasteiger partial charge is 0.426 e. The monoisotopic (exact) mass is 612 g/mol. The summed E-state index contributed by atoms with van der Waals surface area (Å²) >= 11 is 12.7. The summed E-state index contributed by atoms with van der Waals surface area (Å²) in [7, 11) is 0. The minimum Gasteiger partial charge on any atom is -0.373 e. The predicted octanol–water partition coefficient (Wildman–Crippen LogP) is 7.17. The van der Waals surface area contributed by atoms with Gasteiger partial charge in [-0.1, -0.05) is 29.3 Å². The van der Waals surface area contributed by atoms with Crippen molar-refractivity contribution in [3.8, 4) is 0 Å². The van der Waals surface area contributed by atoms with Gasteiger partial charge in [-0.05, 0) is 69.0 Å². The van der Waals surface area contributed by atoms with Crippen LogP contribution in [0.4, 0.5) is 43.4 Å². The van der Waals surface area contributed by atoms with Gasteiger partial charge in [0.15, 0.2) is 0 Å². The molecule has 1 heterocycles. The number of nitrogens with one attached hydrogen (secondary N) is 2. The zero-order valence-electron chi connectivity index (χ0n) is 21.8. The molecule has 0 aromatic heterocycles. The molecule has 0 radical (unpaired) electrons. The molecule has 2 aromatic rings. The van der Waals surface area contributed by atoms with Crippen LogP contribution in [0, 0.1) is 12.8 Å². The van der Waals surface area contributed by atoms with Gasteiger partial charge >= 0.3 is 12.4 Å². The number of aryl methyl sites for hydroxylation is 1. The van der Waals surface area contributed by atoms with Gasteiger partial charge in [0.1, 0.15) is 5.84 Å². The Morgan fingerprint density at radius 3 is 2.42 bits per heavy atom. The Morgan fingerprint density at radius 2 is 1.80 bits per heavy atom. The summed E-state index contributed by atoms with van der Waals surface area (Å²) in [5.74, 6) is -2.66. The molecule has 220 valence electrons. The van der Waals surface area contributed by atoms with Crippen LogP contribution >= 0.6 is 23.2 Å². The minimum atomic E-state index is -5.14. The number of amides is 1. The van der Waals surface area contributed by atoms with E-state index in [4.69, 9.17) is 23.2 Å². The number of piperidine rings is 1. The molecule has 0 bridgehead atoms. The maximum atomic E-state index is 13.3. The van der Waals surface area contributed by atoms with E-state index in [1.165, 1.54) is 18.2 Å². The van der Waals surface area contributed by atoms with Crippen molar-refractivity contribution in [2.75, 3.05) is 23.3 Å². The van der Waals surface area contributed by atoms with E-state index in [1.807, 2.05) is 0 Å². The van der Waals surface area contributed by atoms with Gasteiger partial charge in [-0.15, -0.1) is 0 Å². The van der Waals surface area contributed by atoms with Crippen molar-refractivity contribution in [3.05, 3.63) is 51.5 Å². The van der Waals surface area contributed by atoms with Crippen LogP contribution in [-0.2, 0) is 11.3 Å². The lowest BCUT2D eigenvalue weighted by molar-refractivity contribution is -0.245. The molecular weight excluding hydrogens is 585 g/mol. The van der Waals surface area contributed by atoms with E-state index in [-0.39, 0.29) is 29.6 Å². The number of nitrogens with zero attached hydrogens (tertiary/aromatic N) is 2. The van der Waals surface area contributed by atoms with Crippen LogP contribution in [0.2, 0.25) is 10.0 Å². The minimum absolute atomic E-state index is 0.0777. The summed E-state index contributed by atoms with van der Waals surface area (Å²) in [5, 5.41) is 15.0. The van der Waals surface area contributed by atoms with Crippen LogP contribution in [0.3, 0.4) is 0 Å². The van der Waals surface area contributed by atoms with Crippen LogP contribution in [0.25, 0.3) is 0 Å². The van der Waals surface area contributed by atoms with Crippen LogP contribution in [0.1, 0.15) is 37.8 Å². The topological polar surface area (TPSA) is 77.0 Å². The number of hydrogen-bond acceptors (Lipinski definition) is 4. The number of aliphatic imine (C=N–C) groups is 1. The number of carbonyl (C=O) groups excluding carboxylic acids is 1. The highest BCUT2D eigenvalue weighted by Gasteiger charge is 2.55. The fourth-order valence-corrected chi connectivity index (χ4v) is 4.59. The highest BCUT2D eigenvalue weighted by atomic mass is 35.5. The fraction of sp³-hybridized carbons (Fsp3) is 0.462. The van der Waals surface area contributed by atoms with Crippen molar-refractivity contribution in [2.24, 2.45) is 10.9 Å². The van der Waals surface area contributed by atoms with Gasteiger partial charge in [0.25, 0.3) is 5.91 Å². The molecule has 1 amide bonds. The van der Waals surface area contributed by atoms with E-state index in [0.29, 0.717) is 53.9 Å². The SMILES string of the molecule is C/C(=N\c1cc(Cl)c(N2CCCC(C(F)(F)F)C2)cc1C)Nc1cc(CNC(=O)C(C)(O)C(F)(F)F)ccc1Cl. The van der Waals surface area contributed by atoms with Crippen LogP contribution in [-0.4, -0.2) is 47.9 Å². The molecular formula is C26H28Cl2F6N4O2. The van der Waals surface area contributed by atoms with E-state index in [2.05, 4.69) is 15.6 Å². The lowest BCUT2D eigenvalue weighted by Gasteiger charge is -2.36. The van der Waals surface area contributed by atoms with Crippen molar-refractivity contribution in [3.63, 3.8) is 0 Å². The van der Waals surface area contributed by atoms with E-state index >= 15 is 0 Å². The number of anilines is 2. The molecule has 6 nitrogen and oxygen atoms in total. The van der Waals surface area contributed by atoms with Crippen molar-refractivity contribution < 1.29 is 36.2 Å². The molecule has 40 heavy (non-hydrogen) atoms. The Morgan fingerprint density at radius 1 is 1.12 bits per heavy atom. The predicted molar refractivity (Wildman–Crippen MR) is 144 cm³/mol. The third-order valence-corrected chi connectivity index (χ3v) is 7.20. The van der Waals surface area contributed by atoms with Gasteiger partial charge in [0, 0.05) is 19.6 Å². The second-order valence-electron chi connectivity index (χ2n) is 9.81. The fourth-order valence-electron chi connectivity index (χ4n) is 4.15. The van der Waals surface area contributed by atoms with Gasteiger partial charge < -0.3 is 20.6 Å². The number of aliphatic hydroxyl groups is 1. The maximum Gasteiger partial charge on any atom is 0.426 e. The van der Waals surface area contributed by atoms with E-state index in [9.17, 15) is 36.2 Å². The zero-order valence-corrected chi connectivity index (χ0v) is 23.3. The van der Waals surface area contributed by atoms with Crippen LogP contribution < -0.4 is 15.5 Å². The Kier molecular flexibility index (Phi) is 9.58. The second-order valence-corrected chi connectivity index (χ2v) is 10.6. The molecule has 2 unspecified atom stereocenters. The number of benzene rings is 2. The van der Waals surface area contributed by atoms with Gasteiger partial charge in [-0.2, -0.15) is 26.3 Å². The smallest absolute Gasteiger partial charge is 0.373 e. The Labute approximate surface area is 237 Å². The first-order valence-electron chi connectivity index (χ1n) is 12.2. The molecule has 0 aliphatic carbocycles. The number of rotatable bonds is 6. The number of alkyl halides is 6. The quantitative estimate of drug-likeness (QED) is 0.184. The van der Waals surface area contributed by atoms with Crippen molar-refractivity contribution in [1.82, 2.24) is 5.32 Å². The molecule has 2 aromatic carbocycles. The van der Waals surface area contributed by atoms with Gasteiger partial charge in [-0.25, -0.2) is 4.99 Å². The Balaban J connectivity index is 1.74. The summed E-state index contributed by atoms with van der Waals surface area (Å²) in [6.45, 7) is 3.72. The first-order chi connectivity index (χ1) is 18.4. The molecule has 2 atom stereocenters. The average Bonchev–Trinajstić information content (AvgIpc) is 2.85. The number of carbonyl (C=O) groups is 1. The highest BCUT2D eigenvalue weighted by molar-refractivity contribution is 6.34. The molecule has 1 fully saturated rings. The molecule has 1 saturated heterocycles. The molecule has 0 spiro atoms. The van der Waals surface area contributed by atoms with E-state index < -0.39 is 29.8 Å². The zero-order chi connectivity index (χ0) is 30.0. The average molecular weight is 613 g/mol. The first-order valence-corrected chi connectivity index (χ1v) is 13.0. The van der Waals surface area contributed by atoms with Gasteiger partial charge in [-0.3, -0.25) is 4.79 Å². The number of amidine groups is 1. The highest BCUT2D eigenvalue weighted by Crippen LogP contribution is 2.39. The summed E-state index contributed by atoms with van der Waals surface area (Å²) in [6.07, 6.45) is -8.95. The van der Waals surface area contributed by atoms with E-state index in [0.717, 1.165) is 0 Å². The molecule has 1 aliphatic heterocycles. The van der Waals surface area contributed by atoms with Crippen molar-refractivity contribution in [2.45, 2.75) is 58.1 Å². The standard InChI is InChI=1S/C26H28Cl2F6N4O2/c1-14-9-22(38-8-4-5-17(13-38)25(29,30)31)19(28)11-20(14)36-15(2)37-21-10-16(6-7-18(21)27)12-35-23(39)24(3,40)26(32,33)34/h6-7,9-11,17,40H,4-5,8,12-13H2,1-3H3,(H,35,39)(H,36,37). The summed E-state index contributed by atoms with van der Waals surface area (Å²) in [4.78, 5) is 18.0. The molecule has 1 aliphatic rings. The lowest BCUT2D eigenvalue weighted by atomic mass is 9.96. The number of hydrogen-bond donors (Lipinski definition) is 3. The third kappa shape index (κ3) is 7.52. The third-order valence-electron chi connectivity index (χ3n) is 6.57. The molecule has 3 N–H and O–H groups in total. The summed E-state index contributed by atoms with van der Waals surface area (Å²) in [5.41, 5.74) is -1.16. The maximum absolute atomic E-state index is 13.3. The lowest BCUT2D eigenvalue weighted by Crippen LogP contribution is -2.54. The van der Waals surface area contributed by atoms with Gasteiger partial charge in [0.05, 0.1) is 33.0 Å². The Hall–Kier alpha value is -2.70. The second kappa shape index (κ2) is 12.0. The van der Waals surface area contributed by atoms with Gasteiger partial charge in [0.2, 0.25) is 5.60 Å². The summed E-state index contributed by atoms with van der Waals surface area (Å²) in [6, 6.07) is 7.73. The molecule has 0 saturated carbocycles. The first kappa shape index (κ1) is 31.8. The summed E-state index contributed by atoms with van der Waals surface area (Å²) < 4.78 is 78.4. The normalized spacial score (nSPS) is 18.4. The van der Waals surface area contributed by atoms with E-state index in [1.54, 1.807) is 30.9 Å². The Bertz CT molecular complexity index is 1280. The molecule has 14 heteroatoms.